The van der Waals surface area contributed by atoms with Crippen molar-refractivity contribution in [2.24, 2.45) is 0 Å². The summed E-state index contributed by atoms with van der Waals surface area (Å²) >= 11 is 0. The fraction of sp³-hybridized carbons (Fsp3) is 0.667. The fourth-order valence-corrected chi connectivity index (χ4v) is 0.0500. The Morgan fingerprint density at radius 3 is 1.67 bits per heavy atom. The minimum atomic E-state index is -0.337. The molecule has 0 aliphatic rings. The smallest absolute Gasteiger partial charge is 0.0830 e. The molecule has 0 aromatic heterocycles. The van der Waals surface area contributed by atoms with Gasteiger partial charge in [-0.25, -0.2) is 0 Å². The number of hydrogen-bond donors (Lipinski definition) is 3. The molecule has 0 saturated heterocycles. The number of hydrogen-bond acceptors (Lipinski definition) is 3. The van der Waals surface area contributed by atoms with Crippen LogP contribution in [-0.4, -0.2) is 29.1 Å². The second kappa shape index (κ2) is 2.81. The topological polar surface area (TPSA) is 64.3 Å². The third-order valence-corrected chi connectivity index (χ3v) is 0.382. The zero-order chi connectivity index (χ0) is 4.99. The predicted molar refractivity (Wildman–Crippen MR) is 21.9 cm³/mol. The van der Waals surface area contributed by atoms with Crippen molar-refractivity contribution in [3.63, 3.8) is 0 Å². The van der Waals surface area contributed by atoms with Crippen LogP contribution >= 0.6 is 0 Å². The summed E-state index contributed by atoms with van der Waals surface area (Å²) in [5.74, 6) is 0. The van der Waals surface area contributed by atoms with E-state index in [4.69, 9.17) is 15.6 Å². The first kappa shape index (κ1) is 5.59. The summed E-state index contributed by atoms with van der Waals surface area (Å²) in [6.45, 7) is -0.674. The highest BCUT2D eigenvalue weighted by Gasteiger charge is 1.83. The van der Waals surface area contributed by atoms with Gasteiger partial charge >= 0.3 is 0 Å². The van der Waals surface area contributed by atoms with Gasteiger partial charge in [-0.05, 0) is 0 Å². The fourth-order valence-electron chi connectivity index (χ4n) is 0.0500. The van der Waals surface area contributed by atoms with Crippen LogP contribution in [0.25, 0.3) is 0 Å². The van der Waals surface area contributed by atoms with E-state index in [0.29, 0.717) is 0 Å². The van der Waals surface area contributed by atoms with Gasteiger partial charge in [0.15, 0.2) is 0 Å². The molecule has 0 aliphatic heterocycles. The first-order valence-electron chi connectivity index (χ1n) is 1.59. The lowest BCUT2D eigenvalue weighted by Crippen LogP contribution is -2.06. The van der Waals surface area contributed by atoms with Crippen molar-refractivity contribution in [3.8, 4) is 0 Å². The SMILES string of the molecule is N=C(CO)CO. The average molecular weight is 89.1 g/mol. The highest BCUT2D eigenvalue weighted by Crippen LogP contribution is 1.61. The van der Waals surface area contributed by atoms with Crippen LogP contribution < -0.4 is 0 Å². The van der Waals surface area contributed by atoms with Gasteiger partial charge < -0.3 is 15.6 Å². The molecule has 36 valence electrons. The largest absolute Gasteiger partial charge is 0.390 e. The summed E-state index contributed by atoms with van der Waals surface area (Å²) in [5.41, 5.74) is -0.0463. The molecule has 3 nitrogen and oxygen atoms in total. The summed E-state index contributed by atoms with van der Waals surface area (Å²) < 4.78 is 0. The molecule has 0 amide bonds. The third-order valence-electron chi connectivity index (χ3n) is 0.382. The van der Waals surface area contributed by atoms with Crippen molar-refractivity contribution < 1.29 is 10.2 Å². The van der Waals surface area contributed by atoms with Crippen molar-refractivity contribution >= 4 is 5.71 Å². The maximum atomic E-state index is 7.95. The zero-order valence-corrected chi connectivity index (χ0v) is 3.31. The molecular weight excluding hydrogens is 82.0 g/mol. The molecule has 0 saturated carbocycles. The standard InChI is InChI=1S/C3H7NO2/c4-3(1-5)2-6/h4-6H,1-2H2. The second-order valence-electron chi connectivity index (χ2n) is 0.920. The highest BCUT2D eigenvalue weighted by atomic mass is 16.3. The summed E-state index contributed by atoms with van der Waals surface area (Å²) in [7, 11) is 0. The molecule has 0 aromatic carbocycles. The molecular formula is C3H7NO2. The monoisotopic (exact) mass is 89.0 g/mol. The Kier molecular flexibility index (Phi) is 2.62. The number of aliphatic hydroxyl groups excluding tert-OH is 2. The Morgan fingerprint density at radius 2 is 1.67 bits per heavy atom. The molecule has 3 heteroatoms. The van der Waals surface area contributed by atoms with Gasteiger partial charge in [0.05, 0.1) is 18.9 Å². The van der Waals surface area contributed by atoms with Crippen molar-refractivity contribution in [1.82, 2.24) is 0 Å². The highest BCUT2D eigenvalue weighted by molar-refractivity contribution is 5.83. The molecule has 0 heterocycles. The molecule has 3 N–H and O–H groups in total. The van der Waals surface area contributed by atoms with Crippen LogP contribution in [0, 0.1) is 5.41 Å². The van der Waals surface area contributed by atoms with E-state index in [1.807, 2.05) is 0 Å². The summed E-state index contributed by atoms with van der Waals surface area (Å²) in [4.78, 5) is 0. The van der Waals surface area contributed by atoms with E-state index in [0.717, 1.165) is 0 Å². The van der Waals surface area contributed by atoms with Gasteiger partial charge in [0, 0.05) is 0 Å². The molecule has 0 bridgehead atoms. The quantitative estimate of drug-likeness (QED) is 0.379. The summed E-state index contributed by atoms with van der Waals surface area (Å²) in [6.07, 6.45) is 0. The maximum absolute atomic E-state index is 7.95. The second-order valence-corrected chi connectivity index (χ2v) is 0.920. The Bertz CT molecular complexity index is 46.8. The summed E-state index contributed by atoms with van der Waals surface area (Å²) in [5, 5.41) is 22.4. The van der Waals surface area contributed by atoms with E-state index >= 15 is 0 Å². The van der Waals surface area contributed by atoms with Gasteiger partial charge in [0.2, 0.25) is 0 Å². The van der Waals surface area contributed by atoms with Crippen molar-refractivity contribution in [2.75, 3.05) is 13.2 Å². The Labute approximate surface area is 35.7 Å². The van der Waals surface area contributed by atoms with Crippen molar-refractivity contribution in [1.29, 1.82) is 5.41 Å². The lowest BCUT2D eigenvalue weighted by atomic mass is 10.4. The van der Waals surface area contributed by atoms with Crippen LogP contribution in [0.4, 0.5) is 0 Å². The average Bonchev–Trinajstić information content (AvgIpc) is 1.65. The van der Waals surface area contributed by atoms with E-state index in [9.17, 15) is 0 Å². The molecule has 0 atom stereocenters. The van der Waals surface area contributed by atoms with Crippen LogP contribution in [0.1, 0.15) is 0 Å². The lowest BCUT2D eigenvalue weighted by Gasteiger charge is -1.85. The Morgan fingerprint density at radius 1 is 1.33 bits per heavy atom. The Balaban J connectivity index is 2.99. The van der Waals surface area contributed by atoms with E-state index < -0.39 is 0 Å². The molecule has 0 aliphatic carbocycles. The first-order valence-corrected chi connectivity index (χ1v) is 1.59. The van der Waals surface area contributed by atoms with Gasteiger partial charge in [-0.2, -0.15) is 0 Å². The van der Waals surface area contributed by atoms with Gasteiger partial charge in [-0.15, -0.1) is 0 Å². The van der Waals surface area contributed by atoms with Crippen LogP contribution in [0.2, 0.25) is 0 Å². The van der Waals surface area contributed by atoms with E-state index in [1.54, 1.807) is 0 Å². The van der Waals surface area contributed by atoms with Gasteiger partial charge in [0.25, 0.3) is 0 Å². The van der Waals surface area contributed by atoms with Crippen LogP contribution in [0.3, 0.4) is 0 Å². The van der Waals surface area contributed by atoms with Crippen molar-refractivity contribution in [3.05, 3.63) is 0 Å². The molecule has 0 unspecified atom stereocenters. The number of aliphatic hydroxyl groups is 2. The van der Waals surface area contributed by atoms with E-state index in [2.05, 4.69) is 0 Å². The van der Waals surface area contributed by atoms with Crippen LogP contribution in [-0.2, 0) is 0 Å². The molecule has 0 spiro atoms. The molecule has 6 heavy (non-hydrogen) atoms. The first-order chi connectivity index (χ1) is 2.81. The number of rotatable bonds is 2. The van der Waals surface area contributed by atoms with Gasteiger partial charge in [0.1, 0.15) is 0 Å². The van der Waals surface area contributed by atoms with Crippen molar-refractivity contribution in [2.45, 2.75) is 0 Å². The van der Waals surface area contributed by atoms with E-state index in [-0.39, 0.29) is 18.9 Å². The minimum Gasteiger partial charge on any atom is -0.390 e. The minimum absolute atomic E-state index is 0.0463. The zero-order valence-electron chi connectivity index (χ0n) is 3.31. The normalized spacial score (nSPS) is 8.33. The third kappa shape index (κ3) is 1.87. The molecule has 0 aromatic rings. The van der Waals surface area contributed by atoms with E-state index in [1.165, 1.54) is 0 Å². The molecule has 0 radical (unpaired) electrons. The maximum Gasteiger partial charge on any atom is 0.0830 e. The van der Waals surface area contributed by atoms with Crippen LogP contribution in [0.5, 0.6) is 0 Å². The van der Waals surface area contributed by atoms with Crippen LogP contribution in [0.15, 0.2) is 0 Å². The molecule has 0 fully saturated rings. The lowest BCUT2D eigenvalue weighted by molar-refractivity contribution is 0.318. The molecule has 0 rings (SSSR count). The predicted octanol–water partition coefficient (Wildman–Crippen LogP) is -1.01. The van der Waals surface area contributed by atoms with Gasteiger partial charge in [-0.3, -0.25) is 0 Å². The van der Waals surface area contributed by atoms with Gasteiger partial charge in [-0.1, -0.05) is 0 Å². The number of nitrogens with one attached hydrogen (secondary N) is 1. The summed E-state index contributed by atoms with van der Waals surface area (Å²) in [6, 6.07) is 0. The Hall–Kier alpha value is -0.410.